The lowest BCUT2D eigenvalue weighted by Crippen LogP contribution is -2.54. The maximum atomic E-state index is 12.1. The van der Waals surface area contributed by atoms with Crippen molar-refractivity contribution in [2.75, 3.05) is 18.8 Å². The van der Waals surface area contributed by atoms with E-state index >= 15 is 0 Å². The average Bonchev–Trinajstić information content (AvgIpc) is 2.52. The van der Waals surface area contributed by atoms with Crippen LogP contribution in [0, 0.1) is 0 Å². The molecule has 0 radical (unpaired) electrons. The monoisotopic (exact) mass is 420 g/mol. The molecule has 162 valence electrons. The van der Waals surface area contributed by atoms with Crippen LogP contribution in [-0.4, -0.2) is 66.0 Å². The van der Waals surface area contributed by atoms with Crippen LogP contribution in [0.5, 0.6) is 0 Å². The normalized spacial score (nSPS) is 13.7. The molecule has 0 aromatic heterocycles. The molecule has 2 atom stereocenters. The minimum Gasteiger partial charge on any atom is -0.459 e. The third kappa shape index (κ3) is 12.4. The summed E-state index contributed by atoms with van der Waals surface area (Å²) in [6, 6.07) is -2.77. The van der Waals surface area contributed by atoms with E-state index in [4.69, 9.17) is 15.2 Å². The molecule has 0 spiro atoms. The molecule has 0 aromatic carbocycles. The minimum absolute atomic E-state index is 0.00824. The van der Waals surface area contributed by atoms with Crippen LogP contribution in [0.2, 0.25) is 0 Å². The van der Waals surface area contributed by atoms with E-state index < -0.39 is 47.2 Å². The molecule has 0 aliphatic rings. The number of carbonyl (C=O) groups is 4. The van der Waals surface area contributed by atoms with Crippen molar-refractivity contribution in [1.29, 1.82) is 0 Å². The fourth-order valence-electron chi connectivity index (χ4n) is 1.73. The summed E-state index contributed by atoms with van der Waals surface area (Å²) < 4.78 is 10.2. The molecule has 0 saturated carbocycles. The van der Waals surface area contributed by atoms with Crippen LogP contribution in [0.15, 0.2) is 0 Å². The lowest BCUT2D eigenvalue weighted by atomic mass is 10.2. The highest BCUT2D eigenvalue weighted by atomic mass is 32.1. The van der Waals surface area contributed by atoms with E-state index in [1.807, 2.05) is 0 Å². The van der Waals surface area contributed by atoms with Gasteiger partial charge in [0, 0.05) is 12.3 Å². The lowest BCUT2D eigenvalue weighted by Gasteiger charge is -2.23. The number of carbonyl (C=O) groups excluding carboxylic acids is 4. The second-order valence-electron chi connectivity index (χ2n) is 8.03. The van der Waals surface area contributed by atoms with Crippen molar-refractivity contribution in [2.24, 2.45) is 5.73 Å². The molecule has 0 fully saturated rings. The van der Waals surface area contributed by atoms with Crippen molar-refractivity contribution in [3.8, 4) is 0 Å². The van der Waals surface area contributed by atoms with E-state index in [1.54, 1.807) is 41.5 Å². The molecule has 5 N–H and O–H groups in total. The zero-order valence-electron chi connectivity index (χ0n) is 17.3. The Bertz CT molecular complexity index is 571. The van der Waals surface area contributed by atoms with Crippen LogP contribution in [-0.2, 0) is 23.9 Å². The predicted octanol–water partition coefficient (Wildman–Crippen LogP) is -0.289. The number of esters is 2. The van der Waals surface area contributed by atoms with Crippen LogP contribution in [0.1, 0.15) is 41.5 Å². The molecule has 3 amide bonds. The first kappa shape index (κ1) is 26.0. The summed E-state index contributed by atoms with van der Waals surface area (Å²) in [4.78, 5) is 47.4. The van der Waals surface area contributed by atoms with Crippen molar-refractivity contribution in [1.82, 2.24) is 16.0 Å². The minimum atomic E-state index is -1.06. The number of thiol groups is 1. The van der Waals surface area contributed by atoms with E-state index in [2.05, 4.69) is 28.6 Å². The van der Waals surface area contributed by atoms with Gasteiger partial charge < -0.3 is 31.2 Å². The van der Waals surface area contributed by atoms with E-state index in [-0.39, 0.29) is 18.8 Å². The molecule has 10 nitrogen and oxygen atoms in total. The van der Waals surface area contributed by atoms with Gasteiger partial charge in [0.1, 0.15) is 29.8 Å². The Kier molecular flexibility index (Phi) is 10.3. The Hall–Kier alpha value is -2.01. The topological polar surface area (TPSA) is 149 Å². The first-order chi connectivity index (χ1) is 12.6. The first-order valence-electron chi connectivity index (χ1n) is 8.78. The second kappa shape index (κ2) is 11.1. The number of nitrogens with two attached hydrogens (primary N) is 1. The quantitative estimate of drug-likeness (QED) is 0.268. The maximum Gasteiger partial charge on any atom is 0.325 e. The van der Waals surface area contributed by atoms with Crippen molar-refractivity contribution >= 4 is 36.5 Å². The first-order valence-corrected chi connectivity index (χ1v) is 9.41. The highest BCUT2D eigenvalue weighted by molar-refractivity contribution is 7.80. The summed E-state index contributed by atoms with van der Waals surface area (Å²) in [5.41, 5.74) is 4.30. The van der Waals surface area contributed by atoms with Gasteiger partial charge in [-0.05, 0) is 41.5 Å². The van der Waals surface area contributed by atoms with Crippen molar-refractivity contribution in [3.05, 3.63) is 0 Å². The lowest BCUT2D eigenvalue weighted by molar-refractivity contribution is -0.156. The molecule has 0 bridgehead atoms. The summed E-state index contributed by atoms with van der Waals surface area (Å²) in [5.74, 6) is -1.88. The number of nitrogens with one attached hydrogen (secondary N) is 3. The molecule has 0 aromatic rings. The third-order valence-electron chi connectivity index (χ3n) is 2.82. The fourth-order valence-corrected chi connectivity index (χ4v) is 1.98. The smallest absolute Gasteiger partial charge is 0.325 e. The Morgan fingerprint density at radius 2 is 1.50 bits per heavy atom. The van der Waals surface area contributed by atoms with E-state index in [9.17, 15) is 19.2 Å². The summed E-state index contributed by atoms with van der Waals surface area (Å²) in [7, 11) is 0. The van der Waals surface area contributed by atoms with Crippen LogP contribution in [0.4, 0.5) is 4.79 Å². The number of hydrogen-bond acceptors (Lipinski definition) is 8. The number of urea groups is 1. The van der Waals surface area contributed by atoms with E-state index in [0.29, 0.717) is 0 Å². The molecule has 0 rings (SSSR count). The summed E-state index contributed by atoms with van der Waals surface area (Å²) in [6.07, 6.45) is 0. The van der Waals surface area contributed by atoms with Gasteiger partial charge in [0.15, 0.2) is 0 Å². The van der Waals surface area contributed by atoms with Gasteiger partial charge in [-0.2, -0.15) is 12.6 Å². The SMILES string of the molecule is CC(C)(C)OC(=O)CNC(=O)[C@H](CS)NC(=O)NC[C@H](N)C(=O)OC(C)(C)C. The molecular formula is C17H32N4O6S. The second-order valence-corrected chi connectivity index (χ2v) is 8.40. The Labute approximate surface area is 171 Å². The van der Waals surface area contributed by atoms with E-state index in [0.717, 1.165) is 0 Å². The fraction of sp³-hybridized carbons (Fsp3) is 0.765. The zero-order valence-corrected chi connectivity index (χ0v) is 18.1. The highest BCUT2D eigenvalue weighted by Gasteiger charge is 2.24. The number of amides is 3. The summed E-state index contributed by atoms with van der Waals surface area (Å²) >= 11 is 4.01. The van der Waals surface area contributed by atoms with Crippen molar-refractivity contribution < 1.29 is 28.7 Å². The highest BCUT2D eigenvalue weighted by Crippen LogP contribution is 2.07. The van der Waals surface area contributed by atoms with E-state index in [1.165, 1.54) is 0 Å². The Balaban J connectivity index is 4.42. The zero-order chi connectivity index (χ0) is 22.1. The molecule has 0 unspecified atom stereocenters. The molecule has 11 heteroatoms. The summed E-state index contributed by atoms with van der Waals surface area (Å²) in [5, 5.41) is 7.13. The Morgan fingerprint density at radius 3 is 1.96 bits per heavy atom. The van der Waals surface area contributed by atoms with Crippen LogP contribution in [0.3, 0.4) is 0 Å². The number of ether oxygens (including phenoxy) is 2. The molecule has 0 heterocycles. The average molecular weight is 421 g/mol. The summed E-state index contributed by atoms with van der Waals surface area (Å²) in [6.45, 7) is 9.69. The third-order valence-corrected chi connectivity index (χ3v) is 3.19. The van der Waals surface area contributed by atoms with Crippen LogP contribution in [0.25, 0.3) is 0 Å². The van der Waals surface area contributed by atoms with Gasteiger partial charge >= 0.3 is 18.0 Å². The molecule has 0 aliphatic heterocycles. The van der Waals surface area contributed by atoms with Gasteiger partial charge in [-0.3, -0.25) is 14.4 Å². The molecular weight excluding hydrogens is 388 g/mol. The van der Waals surface area contributed by atoms with Gasteiger partial charge in [-0.25, -0.2) is 4.79 Å². The van der Waals surface area contributed by atoms with Gasteiger partial charge in [-0.15, -0.1) is 0 Å². The molecule has 28 heavy (non-hydrogen) atoms. The van der Waals surface area contributed by atoms with Gasteiger partial charge in [0.05, 0.1) is 0 Å². The van der Waals surface area contributed by atoms with Gasteiger partial charge in [0.25, 0.3) is 0 Å². The molecule has 0 saturated heterocycles. The van der Waals surface area contributed by atoms with Crippen molar-refractivity contribution in [3.63, 3.8) is 0 Å². The molecule has 0 aliphatic carbocycles. The van der Waals surface area contributed by atoms with Gasteiger partial charge in [-0.1, -0.05) is 0 Å². The maximum absolute atomic E-state index is 12.1. The van der Waals surface area contributed by atoms with Crippen LogP contribution < -0.4 is 21.7 Å². The number of hydrogen-bond donors (Lipinski definition) is 5. The largest absolute Gasteiger partial charge is 0.459 e. The van der Waals surface area contributed by atoms with Crippen molar-refractivity contribution in [2.45, 2.75) is 64.8 Å². The standard InChI is InChI=1S/C17H32N4O6S/c1-16(2,3)26-12(22)8-19-13(23)11(9-28)21-15(25)20-7-10(18)14(24)27-17(4,5)6/h10-11,28H,7-9,18H2,1-6H3,(H,19,23)(H2,20,21,25)/t10-,11-/m0/s1. The number of rotatable bonds is 8. The Morgan fingerprint density at radius 1 is 0.964 bits per heavy atom. The predicted molar refractivity (Wildman–Crippen MR) is 107 cm³/mol. The van der Waals surface area contributed by atoms with Crippen LogP contribution >= 0.6 is 12.6 Å². The van der Waals surface area contributed by atoms with Gasteiger partial charge in [0.2, 0.25) is 5.91 Å².